The third kappa shape index (κ3) is 2.64. The van der Waals surface area contributed by atoms with Gasteiger partial charge in [-0.1, -0.05) is 26.8 Å². The summed E-state index contributed by atoms with van der Waals surface area (Å²) in [6.07, 6.45) is 0.698. The Hall–Kier alpha value is -1.84. The largest absolute Gasteiger partial charge is 0.494 e. The predicted octanol–water partition coefficient (Wildman–Crippen LogP) is 2.52. The number of nitrogens with one attached hydrogen (secondary N) is 1. The van der Waals surface area contributed by atoms with Crippen molar-refractivity contribution in [2.24, 2.45) is 0 Å². The molecule has 0 bridgehead atoms. The minimum atomic E-state index is -0.115. The molecule has 0 radical (unpaired) electrons. The zero-order valence-electron chi connectivity index (χ0n) is 10.7. The van der Waals surface area contributed by atoms with Crippen LogP contribution in [0.15, 0.2) is 23.0 Å². The lowest BCUT2D eigenvalue weighted by Crippen LogP contribution is -2.11. The molecule has 1 N–H and O–H groups in total. The Balaban J connectivity index is 0.000000686. The van der Waals surface area contributed by atoms with Gasteiger partial charge in [-0.15, -0.1) is 0 Å². The van der Waals surface area contributed by atoms with Gasteiger partial charge in [0.1, 0.15) is 17.1 Å². The number of H-pyrrole nitrogens is 1. The van der Waals surface area contributed by atoms with E-state index in [9.17, 15) is 4.79 Å². The summed E-state index contributed by atoms with van der Waals surface area (Å²) in [5.41, 5.74) is 0.511. The zero-order chi connectivity index (χ0) is 12.8. The molecule has 0 aliphatic carbocycles. The van der Waals surface area contributed by atoms with Gasteiger partial charge < -0.3 is 9.72 Å². The molecular weight excluding hydrogens is 216 g/mol. The first kappa shape index (κ1) is 13.2. The Labute approximate surface area is 101 Å². The Morgan fingerprint density at radius 3 is 2.65 bits per heavy atom. The summed E-state index contributed by atoms with van der Waals surface area (Å²) in [5, 5.41) is 0.562. The van der Waals surface area contributed by atoms with Gasteiger partial charge in [-0.2, -0.15) is 0 Å². The van der Waals surface area contributed by atoms with Gasteiger partial charge in [0, 0.05) is 6.42 Å². The topological polar surface area (TPSA) is 55.0 Å². The molecule has 2 rings (SSSR count). The highest BCUT2D eigenvalue weighted by Gasteiger charge is 2.06. The van der Waals surface area contributed by atoms with Crippen LogP contribution < -0.4 is 10.3 Å². The minimum Gasteiger partial charge on any atom is -0.494 e. The molecule has 4 nitrogen and oxygen atoms in total. The van der Waals surface area contributed by atoms with Gasteiger partial charge in [-0.05, 0) is 12.1 Å². The molecule has 0 saturated heterocycles. The predicted molar refractivity (Wildman–Crippen MR) is 69.6 cm³/mol. The Morgan fingerprint density at radius 1 is 1.35 bits per heavy atom. The number of hydrogen-bond donors (Lipinski definition) is 1. The van der Waals surface area contributed by atoms with Crippen LogP contribution in [0.25, 0.3) is 10.9 Å². The van der Waals surface area contributed by atoms with Gasteiger partial charge in [-0.3, -0.25) is 4.79 Å². The van der Waals surface area contributed by atoms with Crippen molar-refractivity contribution in [2.75, 3.05) is 7.11 Å². The second kappa shape index (κ2) is 6.03. The van der Waals surface area contributed by atoms with Crippen LogP contribution in [0.3, 0.4) is 0 Å². The molecule has 1 aromatic carbocycles. The first-order valence-corrected chi connectivity index (χ1v) is 5.82. The summed E-state index contributed by atoms with van der Waals surface area (Å²) in [6.45, 7) is 5.94. The molecule has 17 heavy (non-hydrogen) atoms. The molecule has 0 atom stereocenters. The number of aromatic nitrogens is 2. The summed E-state index contributed by atoms with van der Waals surface area (Å²) >= 11 is 0. The van der Waals surface area contributed by atoms with Gasteiger partial charge in [0.2, 0.25) is 0 Å². The van der Waals surface area contributed by atoms with Gasteiger partial charge >= 0.3 is 0 Å². The van der Waals surface area contributed by atoms with Crippen LogP contribution in [-0.2, 0) is 6.42 Å². The summed E-state index contributed by atoms with van der Waals surface area (Å²) in [5.74, 6) is 1.31. The number of aryl methyl sites for hydroxylation is 1. The first-order valence-electron chi connectivity index (χ1n) is 5.82. The van der Waals surface area contributed by atoms with Crippen LogP contribution >= 0.6 is 0 Å². The van der Waals surface area contributed by atoms with Crippen molar-refractivity contribution in [1.29, 1.82) is 0 Å². The van der Waals surface area contributed by atoms with Crippen LogP contribution in [0.1, 0.15) is 26.6 Å². The van der Waals surface area contributed by atoms with Crippen LogP contribution in [-0.4, -0.2) is 17.1 Å². The molecular formula is C13H18N2O2. The lowest BCUT2D eigenvalue weighted by Gasteiger charge is -2.04. The van der Waals surface area contributed by atoms with Crippen molar-refractivity contribution >= 4 is 10.9 Å². The molecule has 0 aliphatic rings. The fraction of sp³-hybridized carbons (Fsp3) is 0.385. The lowest BCUT2D eigenvalue weighted by molar-refractivity contribution is 0.418. The average molecular weight is 234 g/mol. The molecule has 0 fully saturated rings. The van der Waals surface area contributed by atoms with Crippen molar-refractivity contribution in [3.05, 3.63) is 34.4 Å². The summed E-state index contributed by atoms with van der Waals surface area (Å²) < 4.78 is 5.17. The van der Waals surface area contributed by atoms with Gasteiger partial charge in [-0.25, -0.2) is 4.98 Å². The highest BCUT2D eigenvalue weighted by atomic mass is 16.5. The maximum absolute atomic E-state index is 11.7. The molecule has 2 aromatic rings. The second-order valence-corrected chi connectivity index (χ2v) is 3.22. The van der Waals surface area contributed by atoms with Crippen LogP contribution in [0.5, 0.6) is 5.75 Å². The van der Waals surface area contributed by atoms with Crippen molar-refractivity contribution in [1.82, 2.24) is 9.97 Å². The molecule has 0 spiro atoms. The standard InChI is InChI=1S/C11H12N2O2.C2H6/c1-3-9-12-10-7(11(14)13-9)5-4-6-8(10)15-2;1-2/h4-6H,3H2,1-2H3,(H,12,13,14);1-2H3. The maximum Gasteiger partial charge on any atom is 0.258 e. The van der Waals surface area contributed by atoms with Crippen LogP contribution in [0.2, 0.25) is 0 Å². The second-order valence-electron chi connectivity index (χ2n) is 3.22. The highest BCUT2D eigenvalue weighted by Crippen LogP contribution is 2.20. The van der Waals surface area contributed by atoms with E-state index in [1.807, 2.05) is 20.8 Å². The number of nitrogens with zero attached hydrogens (tertiary/aromatic N) is 1. The van der Waals surface area contributed by atoms with E-state index in [0.717, 1.165) is 0 Å². The third-order valence-corrected chi connectivity index (χ3v) is 2.30. The van der Waals surface area contributed by atoms with Crippen molar-refractivity contribution < 1.29 is 4.74 Å². The monoisotopic (exact) mass is 234 g/mol. The summed E-state index contributed by atoms with van der Waals surface area (Å²) in [4.78, 5) is 18.7. The molecule has 0 aliphatic heterocycles. The molecule has 1 heterocycles. The fourth-order valence-electron chi connectivity index (χ4n) is 1.51. The number of rotatable bonds is 2. The molecule has 1 aromatic heterocycles. The molecule has 0 unspecified atom stereocenters. The van der Waals surface area contributed by atoms with Crippen molar-refractivity contribution in [2.45, 2.75) is 27.2 Å². The minimum absolute atomic E-state index is 0.115. The lowest BCUT2D eigenvalue weighted by atomic mass is 10.2. The first-order chi connectivity index (χ1) is 8.26. The van der Waals surface area contributed by atoms with Crippen molar-refractivity contribution in [3.8, 4) is 5.75 Å². The van der Waals surface area contributed by atoms with E-state index in [1.54, 1.807) is 25.3 Å². The number of aromatic amines is 1. The fourth-order valence-corrected chi connectivity index (χ4v) is 1.51. The van der Waals surface area contributed by atoms with E-state index in [-0.39, 0.29) is 5.56 Å². The van der Waals surface area contributed by atoms with Crippen LogP contribution in [0, 0.1) is 0 Å². The molecule has 0 amide bonds. The molecule has 92 valence electrons. The molecule has 4 heteroatoms. The van der Waals surface area contributed by atoms with E-state index in [4.69, 9.17) is 4.74 Å². The van der Waals surface area contributed by atoms with E-state index in [1.165, 1.54) is 0 Å². The van der Waals surface area contributed by atoms with Gasteiger partial charge in [0.25, 0.3) is 5.56 Å². The molecule has 0 saturated carbocycles. The Morgan fingerprint density at radius 2 is 2.06 bits per heavy atom. The van der Waals surface area contributed by atoms with Gasteiger partial charge in [0.05, 0.1) is 12.5 Å². The number of hydrogen-bond acceptors (Lipinski definition) is 3. The SMILES string of the molecule is CC.CCc1nc2c(OC)cccc2c(=O)[nH]1. The number of ether oxygens (including phenoxy) is 1. The maximum atomic E-state index is 11.7. The normalized spacial score (nSPS) is 9.65. The van der Waals surface area contributed by atoms with E-state index in [2.05, 4.69) is 9.97 Å². The zero-order valence-corrected chi connectivity index (χ0v) is 10.7. The summed E-state index contributed by atoms with van der Waals surface area (Å²) in [6, 6.07) is 5.32. The van der Waals surface area contributed by atoms with E-state index >= 15 is 0 Å². The Kier molecular flexibility index (Phi) is 4.69. The van der Waals surface area contributed by atoms with Crippen LogP contribution in [0.4, 0.5) is 0 Å². The number of methoxy groups -OCH3 is 1. The number of fused-ring (bicyclic) bond motifs is 1. The third-order valence-electron chi connectivity index (χ3n) is 2.30. The van der Waals surface area contributed by atoms with Crippen molar-refractivity contribution in [3.63, 3.8) is 0 Å². The summed E-state index contributed by atoms with van der Waals surface area (Å²) in [7, 11) is 1.57. The smallest absolute Gasteiger partial charge is 0.258 e. The van der Waals surface area contributed by atoms with E-state index in [0.29, 0.717) is 28.9 Å². The highest BCUT2D eigenvalue weighted by molar-refractivity contribution is 5.83. The number of para-hydroxylation sites is 1. The quantitative estimate of drug-likeness (QED) is 0.868. The van der Waals surface area contributed by atoms with E-state index < -0.39 is 0 Å². The van der Waals surface area contributed by atoms with Gasteiger partial charge in [0.15, 0.2) is 0 Å². The number of benzene rings is 1. The average Bonchev–Trinajstić information content (AvgIpc) is 2.40. The Bertz CT molecular complexity index is 547.